The molecule has 0 radical (unpaired) electrons. The average Bonchev–Trinajstić information content (AvgIpc) is 3.18. The highest BCUT2D eigenvalue weighted by molar-refractivity contribution is 7.99. The van der Waals surface area contributed by atoms with Gasteiger partial charge < -0.3 is 4.74 Å². The molecule has 3 aromatic carbocycles. The second-order valence-corrected chi connectivity index (χ2v) is 8.94. The number of benzene rings is 3. The first-order chi connectivity index (χ1) is 16.4. The number of hydrogen-bond acceptors (Lipinski definition) is 6. The molecule has 0 aliphatic carbocycles. The van der Waals surface area contributed by atoms with Crippen LogP contribution in [0, 0.1) is 29.8 Å². The molecule has 0 unspecified atom stereocenters. The van der Waals surface area contributed by atoms with Crippen LogP contribution in [0.25, 0.3) is 5.69 Å². The van der Waals surface area contributed by atoms with Crippen LogP contribution < -0.4 is 4.74 Å². The summed E-state index contributed by atoms with van der Waals surface area (Å²) in [6.45, 7) is 3.67. The maximum atomic E-state index is 13.8. The summed E-state index contributed by atoms with van der Waals surface area (Å²) in [7, 11) is 0. The Morgan fingerprint density at radius 3 is 2.41 bits per heavy atom. The SMILES string of the molecule is Cc1ccc(-n2c(C)nnc2S[C@@H](C[N+](=O)[O-])c2ccc(OCc3ccccc3F)cc2)cc1. The Kier molecular flexibility index (Phi) is 7.22. The molecule has 4 aromatic rings. The van der Waals surface area contributed by atoms with E-state index < -0.39 is 5.25 Å². The van der Waals surface area contributed by atoms with E-state index in [0.29, 0.717) is 22.3 Å². The Morgan fingerprint density at radius 1 is 1.03 bits per heavy atom. The monoisotopic (exact) mass is 478 g/mol. The normalized spacial score (nSPS) is 11.9. The van der Waals surface area contributed by atoms with Crippen molar-refractivity contribution in [3.8, 4) is 11.4 Å². The van der Waals surface area contributed by atoms with E-state index >= 15 is 0 Å². The van der Waals surface area contributed by atoms with Gasteiger partial charge in [0.1, 0.15) is 29.2 Å². The standard InChI is InChI=1S/C25H23FN4O3S/c1-17-7-11-21(12-8-17)30-18(2)27-28-25(30)34-24(15-29(31)32)19-9-13-22(14-10-19)33-16-20-5-3-4-6-23(20)26/h3-14,24H,15-16H2,1-2H3/t24-/m0/s1. The lowest BCUT2D eigenvalue weighted by molar-refractivity contribution is -0.479. The van der Waals surface area contributed by atoms with Gasteiger partial charge in [-0.25, -0.2) is 4.39 Å². The largest absolute Gasteiger partial charge is 0.489 e. The van der Waals surface area contributed by atoms with Crippen molar-refractivity contribution in [3.63, 3.8) is 0 Å². The minimum Gasteiger partial charge on any atom is -0.489 e. The van der Waals surface area contributed by atoms with Gasteiger partial charge in [-0.15, -0.1) is 10.2 Å². The van der Waals surface area contributed by atoms with Crippen LogP contribution in [0.4, 0.5) is 4.39 Å². The van der Waals surface area contributed by atoms with E-state index in [-0.39, 0.29) is 23.9 Å². The van der Waals surface area contributed by atoms with Gasteiger partial charge in [0.05, 0.1) is 0 Å². The van der Waals surface area contributed by atoms with Crippen LogP contribution in [0.5, 0.6) is 5.75 Å². The van der Waals surface area contributed by atoms with E-state index in [0.717, 1.165) is 16.8 Å². The van der Waals surface area contributed by atoms with Crippen molar-refractivity contribution >= 4 is 11.8 Å². The van der Waals surface area contributed by atoms with Gasteiger partial charge in [0, 0.05) is 16.2 Å². The molecule has 0 bridgehead atoms. The molecule has 9 heteroatoms. The van der Waals surface area contributed by atoms with Gasteiger partial charge in [-0.05, 0) is 49.7 Å². The molecular weight excluding hydrogens is 455 g/mol. The average molecular weight is 479 g/mol. The molecule has 0 aliphatic heterocycles. The third-order valence-electron chi connectivity index (χ3n) is 5.25. The summed E-state index contributed by atoms with van der Waals surface area (Å²) in [5.41, 5.74) is 3.25. The quantitative estimate of drug-likeness (QED) is 0.174. The van der Waals surface area contributed by atoms with Gasteiger partial charge in [0.2, 0.25) is 6.54 Å². The van der Waals surface area contributed by atoms with Crippen LogP contribution in [0.2, 0.25) is 0 Å². The second-order valence-electron chi connectivity index (χ2n) is 7.77. The van der Waals surface area contributed by atoms with Gasteiger partial charge in [0.25, 0.3) is 0 Å². The summed E-state index contributed by atoms with van der Waals surface area (Å²) in [4.78, 5) is 11.1. The van der Waals surface area contributed by atoms with Crippen LogP contribution in [0.1, 0.15) is 27.8 Å². The Bertz CT molecular complexity index is 1280. The summed E-state index contributed by atoms with van der Waals surface area (Å²) in [6.07, 6.45) is 0. The van der Waals surface area contributed by atoms with E-state index in [4.69, 9.17) is 4.74 Å². The maximum Gasteiger partial charge on any atom is 0.220 e. The van der Waals surface area contributed by atoms with Crippen LogP contribution in [-0.4, -0.2) is 26.2 Å². The third kappa shape index (κ3) is 5.60. The minimum atomic E-state index is -0.483. The van der Waals surface area contributed by atoms with Gasteiger partial charge in [-0.1, -0.05) is 59.8 Å². The van der Waals surface area contributed by atoms with E-state index in [1.54, 1.807) is 42.5 Å². The molecule has 0 aliphatic rings. The summed E-state index contributed by atoms with van der Waals surface area (Å²) in [5.74, 6) is 0.924. The lowest BCUT2D eigenvalue weighted by atomic mass is 10.1. The van der Waals surface area contributed by atoms with Gasteiger partial charge >= 0.3 is 0 Å². The number of halogens is 1. The summed E-state index contributed by atoms with van der Waals surface area (Å²) in [5, 5.41) is 20.0. The number of hydrogen-bond donors (Lipinski definition) is 0. The molecule has 0 N–H and O–H groups in total. The molecule has 1 heterocycles. The summed E-state index contributed by atoms with van der Waals surface area (Å²) >= 11 is 1.29. The number of aromatic nitrogens is 3. The van der Waals surface area contributed by atoms with Crippen LogP contribution in [0.3, 0.4) is 0 Å². The lowest BCUT2D eigenvalue weighted by Gasteiger charge is -2.15. The topological polar surface area (TPSA) is 83.1 Å². The number of rotatable bonds is 9. The fraction of sp³-hybridized carbons (Fsp3) is 0.200. The molecule has 0 saturated carbocycles. The molecule has 1 atom stereocenters. The Labute approximate surface area is 200 Å². The highest BCUT2D eigenvalue weighted by Crippen LogP contribution is 2.36. The van der Waals surface area contributed by atoms with Crippen LogP contribution in [0.15, 0.2) is 78.0 Å². The zero-order valence-electron chi connectivity index (χ0n) is 18.7. The van der Waals surface area contributed by atoms with Gasteiger partial charge in [0.15, 0.2) is 5.16 Å². The Hall–Kier alpha value is -3.72. The zero-order valence-corrected chi connectivity index (χ0v) is 19.5. The maximum absolute atomic E-state index is 13.8. The van der Waals surface area contributed by atoms with Gasteiger partial charge in [-0.3, -0.25) is 14.7 Å². The van der Waals surface area contributed by atoms with Crippen molar-refractivity contribution in [2.75, 3.05) is 6.54 Å². The molecule has 4 rings (SSSR count). The highest BCUT2D eigenvalue weighted by Gasteiger charge is 2.24. The minimum absolute atomic E-state index is 0.0953. The first-order valence-electron chi connectivity index (χ1n) is 10.6. The van der Waals surface area contributed by atoms with Crippen molar-refractivity contribution in [1.82, 2.24) is 14.8 Å². The summed E-state index contributed by atoms with van der Waals surface area (Å²) in [6, 6.07) is 21.4. The molecule has 7 nitrogen and oxygen atoms in total. The number of thioether (sulfide) groups is 1. The highest BCUT2D eigenvalue weighted by atomic mass is 32.2. The van der Waals surface area contributed by atoms with Crippen LogP contribution in [-0.2, 0) is 6.61 Å². The molecule has 1 aromatic heterocycles. The fourth-order valence-electron chi connectivity index (χ4n) is 3.44. The smallest absolute Gasteiger partial charge is 0.220 e. The van der Waals surface area contributed by atoms with Crippen molar-refractivity contribution in [3.05, 3.63) is 111 Å². The third-order valence-corrected chi connectivity index (χ3v) is 6.43. The van der Waals surface area contributed by atoms with Crippen molar-refractivity contribution < 1.29 is 14.1 Å². The van der Waals surface area contributed by atoms with E-state index in [9.17, 15) is 14.5 Å². The van der Waals surface area contributed by atoms with E-state index in [1.165, 1.54) is 17.8 Å². The molecule has 174 valence electrons. The molecule has 0 saturated heterocycles. The fourth-order valence-corrected chi connectivity index (χ4v) is 4.61. The van der Waals surface area contributed by atoms with E-state index in [2.05, 4.69) is 10.2 Å². The van der Waals surface area contributed by atoms with Crippen molar-refractivity contribution in [2.45, 2.75) is 30.9 Å². The second kappa shape index (κ2) is 10.5. The van der Waals surface area contributed by atoms with Crippen molar-refractivity contribution in [1.29, 1.82) is 0 Å². The molecular formula is C25H23FN4O3S. The Balaban J connectivity index is 1.53. The van der Waals surface area contributed by atoms with Gasteiger partial charge in [-0.2, -0.15) is 0 Å². The lowest BCUT2D eigenvalue weighted by Crippen LogP contribution is -2.11. The number of ether oxygens (including phenoxy) is 1. The molecule has 0 amide bonds. The first kappa shape index (κ1) is 23.4. The molecule has 0 fully saturated rings. The molecule has 34 heavy (non-hydrogen) atoms. The number of aryl methyl sites for hydroxylation is 2. The zero-order chi connectivity index (χ0) is 24.1. The number of nitrogens with zero attached hydrogens (tertiary/aromatic N) is 4. The van der Waals surface area contributed by atoms with Crippen LogP contribution >= 0.6 is 11.8 Å². The van der Waals surface area contributed by atoms with E-state index in [1.807, 2.05) is 42.7 Å². The predicted octanol–water partition coefficient (Wildman–Crippen LogP) is 5.71. The summed E-state index contributed by atoms with van der Waals surface area (Å²) < 4.78 is 21.4. The Morgan fingerprint density at radius 2 is 1.74 bits per heavy atom. The first-order valence-corrected chi connectivity index (χ1v) is 11.5. The number of nitro groups is 1. The van der Waals surface area contributed by atoms with Crippen molar-refractivity contribution in [2.24, 2.45) is 0 Å². The predicted molar refractivity (Wildman–Crippen MR) is 128 cm³/mol. The molecule has 0 spiro atoms.